The van der Waals surface area contributed by atoms with E-state index < -0.39 is 0 Å². The number of aromatic amines is 1. The van der Waals surface area contributed by atoms with Crippen LogP contribution in [-0.4, -0.2) is 60.3 Å². The highest BCUT2D eigenvalue weighted by Crippen LogP contribution is 2.16. The minimum absolute atomic E-state index is 0.103. The third-order valence-corrected chi connectivity index (χ3v) is 5.37. The van der Waals surface area contributed by atoms with Crippen LogP contribution in [0.15, 0.2) is 54.6 Å². The molecule has 2 N–H and O–H groups in total. The summed E-state index contributed by atoms with van der Waals surface area (Å²) in [5, 5.41) is 10.9. The highest BCUT2D eigenvalue weighted by Gasteiger charge is 2.17. The van der Waals surface area contributed by atoms with Gasteiger partial charge in [-0.05, 0) is 37.6 Å². The van der Waals surface area contributed by atoms with Crippen LogP contribution < -0.4 is 10.2 Å². The molecule has 28 heavy (non-hydrogen) atoms. The van der Waals surface area contributed by atoms with Gasteiger partial charge in [0.15, 0.2) is 5.69 Å². The summed E-state index contributed by atoms with van der Waals surface area (Å²) in [6.07, 6.45) is 2.07. The predicted octanol–water partition coefficient (Wildman–Crippen LogP) is 2.90. The van der Waals surface area contributed by atoms with Crippen molar-refractivity contribution < 1.29 is 4.79 Å². The molecule has 146 valence electrons. The molecule has 0 saturated carbocycles. The molecule has 6 heteroatoms. The van der Waals surface area contributed by atoms with Crippen LogP contribution in [0.4, 0.5) is 5.69 Å². The predicted molar refractivity (Wildman–Crippen MR) is 113 cm³/mol. The zero-order valence-corrected chi connectivity index (χ0v) is 16.1. The van der Waals surface area contributed by atoms with E-state index in [-0.39, 0.29) is 5.91 Å². The molecule has 1 aromatic heterocycles. The summed E-state index contributed by atoms with van der Waals surface area (Å²) in [6, 6.07) is 18.3. The Hall–Kier alpha value is -2.86. The number of fused-ring (bicyclic) bond motifs is 1. The van der Waals surface area contributed by atoms with Crippen LogP contribution in [0.5, 0.6) is 0 Å². The third kappa shape index (κ3) is 4.34. The van der Waals surface area contributed by atoms with E-state index >= 15 is 0 Å². The summed E-state index contributed by atoms with van der Waals surface area (Å²) < 4.78 is 0. The Kier molecular flexibility index (Phi) is 5.87. The van der Waals surface area contributed by atoms with Gasteiger partial charge in [-0.2, -0.15) is 5.10 Å². The van der Waals surface area contributed by atoms with Gasteiger partial charge in [0.05, 0.1) is 5.52 Å². The number of carbonyl (C=O) groups excluding carboxylic acids is 1. The molecule has 1 saturated heterocycles. The van der Waals surface area contributed by atoms with Crippen molar-refractivity contribution in [3.63, 3.8) is 0 Å². The number of hydrogen-bond acceptors (Lipinski definition) is 4. The number of amides is 1. The fraction of sp³-hybridized carbons (Fsp3) is 0.364. The number of nitrogens with zero attached hydrogens (tertiary/aromatic N) is 3. The minimum atomic E-state index is -0.103. The van der Waals surface area contributed by atoms with Crippen molar-refractivity contribution in [1.82, 2.24) is 20.4 Å². The number of aromatic nitrogens is 2. The number of piperazine rings is 1. The molecule has 6 nitrogen and oxygen atoms in total. The lowest BCUT2D eigenvalue weighted by molar-refractivity contribution is 0.0949. The van der Waals surface area contributed by atoms with Gasteiger partial charge >= 0.3 is 0 Å². The summed E-state index contributed by atoms with van der Waals surface area (Å²) in [6.45, 7) is 6.12. The molecule has 1 fully saturated rings. The number of carbonyl (C=O) groups is 1. The fourth-order valence-electron chi connectivity index (χ4n) is 3.75. The maximum absolute atomic E-state index is 12.3. The average molecular weight is 377 g/mol. The molecule has 0 radical (unpaired) electrons. The molecule has 0 aliphatic carbocycles. The van der Waals surface area contributed by atoms with Crippen molar-refractivity contribution in [2.45, 2.75) is 12.8 Å². The number of benzene rings is 2. The second kappa shape index (κ2) is 8.89. The lowest BCUT2D eigenvalue weighted by atomic mass is 10.2. The molecule has 0 unspecified atom stereocenters. The Morgan fingerprint density at radius 1 is 0.964 bits per heavy atom. The minimum Gasteiger partial charge on any atom is -0.369 e. The van der Waals surface area contributed by atoms with Crippen LogP contribution in [-0.2, 0) is 0 Å². The average Bonchev–Trinajstić information content (AvgIpc) is 3.19. The Labute approximate surface area is 165 Å². The first-order chi connectivity index (χ1) is 13.8. The molecule has 1 aliphatic heterocycles. The monoisotopic (exact) mass is 377 g/mol. The molecular weight excluding hydrogens is 350 g/mol. The molecule has 1 aliphatic rings. The van der Waals surface area contributed by atoms with E-state index in [1.165, 1.54) is 5.69 Å². The Morgan fingerprint density at radius 2 is 1.71 bits per heavy atom. The molecule has 3 aromatic rings. The molecule has 2 heterocycles. The van der Waals surface area contributed by atoms with Crippen molar-refractivity contribution in [2.24, 2.45) is 0 Å². The number of nitrogens with one attached hydrogen (secondary N) is 2. The largest absolute Gasteiger partial charge is 0.369 e. The maximum Gasteiger partial charge on any atom is 0.272 e. The van der Waals surface area contributed by atoms with Gasteiger partial charge in [0, 0.05) is 43.8 Å². The summed E-state index contributed by atoms with van der Waals surface area (Å²) in [5.74, 6) is -0.103. The first-order valence-electron chi connectivity index (χ1n) is 10.0. The van der Waals surface area contributed by atoms with Crippen molar-refractivity contribution >= 4 is 22.5 Å². The summed E-state index contributed by atoms with van der Waals surface area (Å²) in [4.78, 5) is 17.3. The molecular formula is C22H27N5O. The van der Waals surface area contributed by atoms with Crippen LogP contribution in [0.3, 0.4) is 0 Å². The van der Waals surface area contributed by atoms with Crippen LogP contribution in [0, 0.1) is 0 Å². The van der Waals surface area contributed by atoms with E-state index in [0.29, 0.717) is 12.2 Å². The first-order valence-corrected chi connectivity index (χ1v) is 10.0. The van der Waals surface area contributed by atoms with Gasteiger partial charge < -0.3 is 10.2 Å². The van der Waals surface area contributed by atoms with Crippen LogP contribution in [0.25, 0.3) is 10.9 Å². The van der Waals surface area contributed by atoms with Crippen molar-refractivity contribution in [3.8, 4) is 0 Å². The van der Waals surface area contributed by atoms with Gasteiger partial charge in [0.2, 0.25) is 0 Å². The highest BCUT2D eigenvalue weighted by molar-refractivity contribution is 6.04. The fourth-order valence-corrected chi connectivity index (χ4v) is 3.75. The smallest absolute Gasteiger partial charge is 0.272 e. The Balaban J connectivity index is 1.14. The molecule has 0 bridgehead atoms. The topological polar surface area (TPSA) is 64.3 Å². The summed E-state index contributed by atoms with van der Waals surface area (Å²) in [7, 11) is 0. The normalized spacial score (nSPS) is 15.1. The van der Waals surface area contributed by atoms with Gasteiger partial charge in [-0.1, -0.05) is 36.4 Å². The highest BCUT2D eigenvalue weighted by atomic mass is 16.1. The SMILES string of the molecule is O=C(NCCCCN1CCN(c2ccccc2)CC1)c1n[nH]c2ccccc12. The number of H-pyrrole nitrogens is 1. The van der Waals surface area contributed by atoms with E-state index in [0.717, 1.165) is 56.5 Å². The summed E-state index contributed by atoms with van der Waals surface area (Å²) in [5.41, 5.74) is 2.69. The first kappa shape index (κ1) is 18.5. The van der Waals surface area contributed by atoms with E-state index in [2.05, 4.69) is 55.6 Å². The lowest BCUT2D eigenvalue weighted by Gasteiger charge is -2.36. The maximum atomic E-state index is 12.3. The molecule has 0 atom stereocenters. The van der Waals surface area contributed by atoms with Crippen molar-refractivity contribution in [3.05, 3.63) is 60.3 Å². The molecule has 0 spiro atoms. The molecule has 4 rings (SSSR count). The number of rotatable bonds is 7. The van der Waals surface area contributed by atoms with Crippen LogP contribution >= 0.6 is 0 Å². The second-order valence-corrected chi connectivity index (χ2v) is 7.25. The van der Waals surface area contributed by atoms with E-state index in [1.807, 2.05) is 24.3 Å². The van der Waals surface area contributed by atoms with Gasteiger partial charge in [-0.15, -0.1) is 0 Å². The van der Waals surface area contributed by atoms with E-state index in [1.54, 1.807) is 0 Å². The third-order valence-electron chi connectivity index (χ3n) is 5.37. The van der Waals surface area contributed by atoms with Crippen molar-refractivity contribution in [1.29, 1.82) is 0 Å². The molecule has 2 aromatic carbocycles. The van der Waals surface area contributed by atoms with Gasteiger partial charge in [0.1, 0.15) is 0 Å². The zero-order chi connectivity index (χ0) is 19.2. The second-order valence-electron chi connectivity index (χ2n) is 7.25. The number of anilines is 1. The number of para-hydroxylation sites is 2. The van der Waals surface area contributed by atoms with Gasteiger partial charge in [0.25, 0.3) is 5.91 Å². The standard InChI is InChI=1S/C22H27N5O/c28-22(21-19-10-4-5-11-20(19)24-25-21)23-12-6-7-13-26-14-16-27(17-15-26)18-8-2-1-3-9-18/h1-5,8-11H,6-7,12-17H2,(H,23,28)(H,24,25). The molecule has 1 amide bonds. The van der Waals surface area contributed by atoms with Crippen LogP contribution in [0.2, 0.25) is 0 Å². The summed E-state index contributed by atoms with van der Waals surface area (Å²) >= 11 is 0. The van der Waals surface area contributed by atoms with Gasteiger partial charge in [-0.25, -0.2) is 0 Å². The van der Waals surface area contributed by atoms with Crippen LogP contribution in [0.1, 0.15) is 23.3 Å². The van der Waals surface area contributed by atoms with E-state index in [4.69, 9.17) is 0 Å². The lowest BCUT2D eigenvalue weighted by Crippen LogP contribution is -2.46. The Bertz CT molecular complexity index is 899. The Morgan fingerprint density at radius 3 is 2.54 bits per heavy atom. The zero-order valence-electron chi connectivity index (χ0n) is 16.1. The van der Waals surface area contributed by atoms with Crippen molar-refractivity contribution in [2.75, 3.05) is 44.2 Å². The number of hydrogen-bond donors (Lipinski definition) is 2. The van der Waals surface area contributed by atoms with Gasteiger partial charge in [-0.3, -0.25) is 14.8 Å². The number of unbranched alkanes of at least 4 members (excludes halogenated alkanes) is 1. The quantitative estimate of drug-likeness (QED) is 0.622. The van der Waals surface area contributed by atoms with E-state index in [9.17, 15) is 4.79 Å².